The van der Waals surface area contributed by atoms with Gasteiger partial charge in [-0.15, -0.1) is 11.3 Å². The van der Waals surface area contributed by atoms with Gasteiger partial charge < -0.3 is 5.32 Å². The summed E-state index contributed by atoms with van der Waals surface area (Å²) < 4.78 is 1.43. The molecule has 0 amide bonds. The minimum absolute atomic E-state index is 0.461. The summed E-state index contributed by atoms with van der Waals surface area (Å²) in [5.74, 6) is 0. The van der Waals surface area contributed by atoms with Gasteiger partial charge >= 0.3 is 0 Å². The molecule has 0 aliphatic heterocycles. The zero-order valence-electron chi connectivity index (χ0n) is 12.1. The van der Waals surface area contributed by atoms with Crippen LogP contribution in [0.1, 0.15) is 47.9 Å². The van der Waals surface area contributed by atoms with Crippen LogP contribution < -0.4 is 5.32 Å². The van der Waals surface area contributed by atoms with Crippen molar-refractivity contribution in [1.82, 2.24) is 5.32 Å². The van der Waals surface area contributed by atoms with E-state index in [0.717, 1.165) is 6.54 Å². The summed E-state index contributed by atoms with van der Waals surface area (Å²) in [6.07, 6.45) is 1.19. The minimum Gasteiger partial charge on any atom is -0.309 e. The molecule has 0 aliphatic rings. The Bertz CT molecular complexity index is 554. The second kappa shape index (κ2) is 5.41. The van der Waals surface area contributed by atoms with E-state index in [4.69, 9.17) is 0 Å². The van der Waals surface area contributed by atoms with E-state index in [9.17, 15) is 0 Å². The van der Waals surface area contributed by atoms with Crippen LogP contribution in [0.2, 0.25) is 0 Å². The Hall–Kier alpha value is -0.860. The van der Waals surface area contributed by atoms with Crippen LogP contribution >= 0.6 is 11.3 Å². The van der Waals surface area contributed by atoms with Crippen molar-refractivity contribution in [3.8, 4) is 0 Å². The average Bonchev–Trinajstić information content (AvgIpc) is 2.65. The van der Waals surface area contributed by atoms with Crippen LogP contribution in [0.3, 0.4) is 0 Å². The number of hydrogen-bond donors (Lipinski definition) is 1. The molecule has 0 bridgehead atoms. The highest BCUT2D eigenvalue weighted by Crippen LogP contribution is 2.36. The summed E-state index contributed by atoms with van der Waals surface area (Å²) in [7, 11) is 0. The van der Waals surface area contributed by atoms with Gasteiger partial charge in [-0.25, -0.2) is 0 Å². The average molecular weight is 261 g/mol. The van der Waals surface area contributed by atoms with Crippen LogP contribution in [0.15, 0.2) is 12.1 Å². The Morgan fingerprint density at radius 2 is 1.83 bits per heavy atom. The number of rotatable bonds is 4. The monoisotopic (exact) mass is 261 g/mol. The Labute approximate surface area is 114 Å². The molecule has 1 aromatic carbocycles. The van der Waals surface area contributed by atoms with Gasteiger partial charge in [0.1, 0.15) is 0 Å². The first-order valence-corrected chi connectivity index (χ1v) is 7.59. The topological polar surface area (TPSA) is 12.0 Å². The van der Waals surface area contributed by atoms with Gasteiger partial charge in [0.15, 0.2) is 0 Å². The molecule has 2 aromatic rings. The standard InChI is InChI=1S/C16H23NS/c1-6-7-17-13(5)16-12(4)14-8-10(2)11(3)9-15(14)18-16/h8-9,13,17H,6-7H2,1-5H3. The smallest absolute Gasteiger partial charge is 0.0389 e. The first kappa shape index (κ1) is 13.6. The normalized spacial score (nSPS) is 13.2. The third kappa shape index (κ3) is 2.45. The van der Waals surface area contributed by atoms with Gasteiger partial charge in [0, 0.05) is 15.6 Å². The van der Waals surface area contributed by atoms with Crippen LogP contribution in [0.4, 0.5) is 0 Å². The number of hydrogen-bond acceptors (Lipinski definition) is 2. The molecule has 0 fully saturated rings. The van der Waals surface area contributed by atoms with Gasteiger partial charge in [0.2, 0.25) is 0 Å². The molecule has 0 aliphatic carbocycles. The van der Waals surface area contributed by atoms with Crippen LogP contribution in [0, 0.1) is 20.8 Å². The van der Waals surface area contributed by atoms with Crippen molar-refractivity contribution in [2.75, 3.05) is 6.54 Å². The van der Waals surface area contributed by atoms with Gasteiger partial charge in [-0.1, -0.05) is 13.0 Å². The lowest BCUT2D eigenvalue weighted by Gasteiger charge is -2.12. The summed E-state index contributed by atoms with van der Waals surface area (Å²) >= 11 is 1.94. The predicted molar refractivity (Wildman–Crippen MR) is 82.7 cm³/mol. The molecule has 0 saturated heterocycles. The molecule has 1 unspecified atom stereocenters. The molecular weight excluding hydrogens is 238 g/mol. The predicted octanol–water partition coefficient (Wildman–Crippen LogP) is 4.89. The fraction of sp³-hybridized carbons (Fsp3) is 0.500. The Morgan fingerprint density at radius 3 is 2.50 bits per heavy atom. The zero-order chi connectivity index (χ0) is 13.3. The van der Waals surface area contributed by atoms with E-state index < -0.39 is 0 Å². The lowest BCUT2D eigenvalue weighted by Crippen LogP contribution is -2.18. The van der Waals surface area contributed by atoms with Crippen LogP contribution in [0.5, 0.6) is 0 Å². The fourth-order valence-corrected chi connectivity index (χ4v) is 3.68. The molecule has 0 spiro atoms. The van der Waals surface area contributed by atoms with E-state index in [0.29, 0.717) is 6.04 Å². The molecular formula is C16H23NS. The fourth-order valence-electron chi connectivity index (χ4n) is 2.36. The molecule has 98 valence electrons. The van der Waals surface area contributed by atoms with Crippen molar-refractivity contribution in [3.05, 3.63) is 33.7 Å². The van der Waals surface area contributed by atoms with Crippen molar-refractivity contribution >= 4 is 21.4 Å². The summed E-state index contributed by atoms with van der Waals surface area (Å²) in [6, 6.07) is 5.13. The quantitative estimate of drug-likeness (QED) is 0.826. The lowest BCUT2D eigenvalue weighted by atomic mass is 10.0. The maximum absolute atomic E-state index is 3.59. The van der Waals surface area contributed by atoms with E-state index in [1.165, 1.54) is 38.1 Å². The van der Waals surface area contributed by atoms with Crippen molar-refractivity contribution < 1.29 is 0 Å². The van der Waals surface area contributed by atoms with E-state index in [-0.39, 0.29) is 0 Å². The Balaban J connectivity index is 2.43. The second-order valence-electron chi connectivity index (χ2n) is 5.20. The molecule has 1 heterocycles. The van der Waals surface area contributed by atoms with Gasteiger partial charge in [0.25, 0.3) is 0 Å². The van der Waals surface area contributed by atoms with Gasteiger partial charge in [-0.2, -0.15) is 0 Å². The summed E-state index contributed by atoms with van der Waals surface area (Å²) in [5.41, 5.74) is 4.24. The van der Waals surface area contributed by atoms with Crippen molar-refractivity contribution in [3.63, 3.8) is 0 Å². The van der Waals surface area contributed by atoms with Crippen molar-refractivity contribution in [2.24, 2.45) is 0 Å². The highest BCUT2D eigenvalue weighted by molar-refractivity contribution is 7.19. The van der Waals surface area contributed by atoms with Crippen LogP contribution in [-0.4, -0.2) is 6.54 Å². The van der Waals surface area contributed by atoms with Gasteiger partial charge in [-0.05, 0) is 68.8 Å². The highest BCUT2D eigenvalue weighted by Gasteiger charge is 2.14. The van der Waals surface area contributed by atoms with Crippen LogP contribution in [0.25, 0.3) is 10.1 Å². The first-order valence-electron chi connectivity index (χ1n) is 6.78. The molecule has 2 heteroatoms. The number of benzene rings is 1. The maximum atomic E-state index is 3.59. The van der Waals surface area contributed by atoms with E-state index in [2.05, 4.69) is 52.1 Å². The Morgan fingerprint density at radius 1 is 1.17 bits per heavy atom. The number of nitrogens with one attached hydrogen (secondary N) is 1. The summed E-state index contributed by atoms with van der Waals surface area (Å²) in [6.45, 7) is 12.2. The van der Waals surface area contributed by atoms with Gasteiger partial charge in [0.05, 0.1) is 0 Å². The molecule has 1 atom stereocenters. The second-order valence-corrected chi connectivity index (χ2v) is 6.28. The van der Waals surface area contributed by atoms with Crippen LogP contribution in [-0.2, 0) is 0 Å². The first-order chi connectivity index (χ1) is 8.54. The van der Waals surface area contributed by atoms with Crippen molar-refractivity contribution in [2.45, 2.75) is 47.1 Å². The minimum atomic E-state index is 0.461. The molecule has 1 nitrogen and oxygen atoms in total. The number of thiophene rings is 1. The molecule has 1 N–H and O–H groups in total. The highest BCUT2D eigenvalue weighted by atomic mass is 32.1. The molecule has 18 heavy (non-hydrogen) atoms. The Kier molecular flexibility index (Phi) is 4.08. The molecule has 2 rings (SSSR count). The largest absolute Gasteiger partial charge is 0.309 e. The molecule has 0 saturated carbocycles. The van der Waals surface area contributed by atoms with E-state index >= 15 is 0 Å². The summed E-state index contributed by atoms with van der Waals surface area (Å²) in [4.78, 5) is 1.49. The number of fused-ring (bicyclic) bond motifs is 1. The number of aryl methyl sites for hydroxylation is 3. The van der Waals surface area contributed by atoms with Gasteiger partial charge in [-0.3, -0.25) is 0 Å². The third-order valence-electron chi connectivity index (χ3n) is 3.68. The third-order valence-corrected chi connectivity index (χ3v) is 5.12. The van der Waals surface area contributed by atoms with E-state index in [1.54, 1.807) is 0 Å². The molecule has 0 radical (unpaired) electrons. The maximum Gasteiger partial charge on any atom is 0.0389 e. The van der Waals surface area contributed by atoms with Crippen molar-refractivity contribution in [1.29, 1.82) is 0 Å². The summed E-state index contributed by atoms with van der Waals surface area (Å²) in [5, 5.41) is 5.02. The SMILES string of the molecule is CCCNC(C)c1sc2cc(C)c(C)cc2c1C. The molecule has 1 aromatic heterocycles. The zero-order valence-corrected chi connectivity index (χ0v) is 12.9. The van der Waals surface area contributed by atoms with E-state index in [1.807, 2.05) is 11.3 Å². The lowest BCUT2D eigenvalue weighted by molar-refractivity contribution is 0.576.